The van der Waals surface area contributed by atoms with Gasteiger partial charge in [0.15, 0.2) is 11.5 Å². The number of carbonyl (C=O) groups excluding carboxylic acids is 1. The summed E-state index contributed by atoms with van der Waals surface area (Å²) < 4.78 is 20.9. The van der Waals surface area contributed by atoms with Gasteiger partial charge in [0.2, 0.25) is 12.5 Å². The summed E-state index contributed by atoms with van der Waals surface area (Å²) in [5.74, 6) is 1.40. The number of ether oxygens (including phenoxy) is 4. The topological polar surface area (TPSA) is 66.0 Å². The lowest BCUT2D eigenvalue weighted by molar-refractivity contribution is -0.143. The summed E-state index contributed by atoms with van der Waals surface area (Å²) in [6.45, 7) is 0.161. The van der Waals surface area contributed by atoms with Gasteiger partial charge in [-0.25, -0.2) is 4.79 Å². The van der Waals surface area contributed by atoms with E-state index in [9.17, 15) is 4.79 Å². The minimum Gasteiger partial charge on any atom is -0.493 e. The van der Waals surface area contributed by atoms with Gasteiger partial charge in [-0.05, 0) is 30.5 Å². The number of methoxy groups -OCH3 is 2. The fourth-order valence-corrected chi connectivity index (χ4v) is 2.22. The molecule has 0 bridgehead atoms. The number of hydrogen-bond acceptors (Lipinski definition) is 6. The molecule has 0 aromatic heterocycles. The van der Waals surface area contributed by atoms with Gasteiger partial charge in [0, 0.05) is 6.04 Å². The second-order valence-electron chi connectivity index (χ2n) is 4.85. The zero-order chi connectivity index (χ0) is 14.1. The van der Waals surface area contributed by atoms with Crippen LogP contribution in [0.2, 0.25) is 0 Å². The summed E-state index contributed by atoms with van der Waals surface area (Å²) in [6.07, 6.45) is 2.16. The molecule has 108 valence electrons. The molecule has 6 nitrogen and oxygen atoms in total. The Hall–Kier alpha value is -1.95. The summed E-state index contributed by atoms with van der Waals surface area (Å²) in [7, 11) is 2.94. The Bertz CT molecular complexity index is 527. The maximum atomic E-state index is 12.0. The molecule has 20 heavy (non-hydrogen) atoms. The predicted molar refractivity (Wildman–Crippen MR) is 70.0 cm³/mol. The summed E-state index contributed by atoms with van der Waals surface area (Å²) >= 11 is 0. The van der Waals surface area contributed by atoms with Crippen molar-refractivity contribution in [3.8, 4) is 17.2 Å². The van der Waals surface area contributed by atoms with Crippen molar-refractivity contribution in [2.75, 3.05) is 21.0 Å². The first kappa shape index (κ1) is 13.1. The molecular weight excluding hydrogens is 262 g/mol. The van der Waals surface area contributed by atoms with E-state index in [4.69, 9.17) is 18.9 Å². The third kappa shape index (κ3) is 2.38. The lowest BCUT2D eigenvalue weighted by Crippen LogP contribution is -2.31. The number of esters is 1. The van der Waals surface area contributed by atoms with Crippen molar-refractivity contribution in [1.82, 2.24) is 5.32 Å². The first-order chi connectivity index (χ1) is 9.72. The number of fused-ring (bicyclic) bond motifs is 1. The normalized spacial score (nSPS) is 17.7. The fraction of sp³-hybridized carbons (Fsp3) is 0.500. The third-order valence-electron chi connectivity index (χ3n) is 3.43. The van der Waals surface area contributed by atoms with E-state index in [1.165, 1.54) is 7.11 Å². The van der Waals surface area contributed by atoms with Gasteiger partial charge in [0.1, 0.15) is 6.04 Å². The Morgan fingerprint density at radius 3 is 2.80 bits per heavy atom. The van der Waals surface area contributed by atoms with Crippen LogP contribution in [-0.4, -0.2) is 33.0 Å². The van der Waals surface area contributed by atoms with Crippen molar-refractivity contribution >= 4 is 5.97 Å². The highest BCUT2D eigenvalue weighted by Crippen LogP contribution is 2.43. The summed E-state index contributed by atoms with van der Waals surface area (Å²) in [6, 6.07) is 3.43. The Morgan fingerprint density at radius 1 is 1.35 bits per heavy atom. The van der Waals surface area contributed by atoms with Crippen LogP contribution in [0.4, 0.5) is 0 Å². The maximum absolute atomic E-state index is 12.0. The lowest BCUT2D eigenvalue weighted by Gasteiger charge is -2.18. The molecule has 1 aromatic carbocycles. The first-order valence-corrected chi connectivity index (χ1v) is 6.54. The van der Waals surface area contributed by atoms with E-state index in [0.717, 1.165) is 18.4 Å². The van der Waals surface area contributed by atoms with Gasteiger partial charge in [0.25, 0.3) is 0 Å². The molecule has 1 heterocycles. The zero-order valence-electron chi connectivity index (χ0n) is 11.5. The number of carbonyl (C=O) groups is 1. The van der Waals surface area contributed by atoms with Crippen molar-refractivity contribution in [3.05, 3.63) is 17.7 Å². The summed E-state index contributed by atoms with van der Waals surface area (Å²) in [4.78, 5) is 12.0. The van der Waals surface area contributed by atoms with Crippen LogP contribution < -0.4 is 19.5 Å². The molecule has 1 aromatic rings. The fourth-order valence-electron chi connectivity index (χ4n) is 2.22. The molecule has 1 saturated carbocycles. The van der Waals surface area contributed by atoms with Gasteiger partial charge in [-0.3, -0.25) is 5.32 Å². The van der Waals surface area contributed by atoms with E-state index in [1.54, 1.807) is 19.2 Å². The number of hydrogen-bond donors (Lipinski definition) is 1. The Morgan fingerprint density at radius 2 is 2.15 bits per heavy atom. The van der Waals surface area contributed by atoms with Crippen LogP contribution in [0, 0.1) is 0 Å². The molecule has 0 saturated heterocycles. The third-order valence-corrected chi connectivity index (χ3v) is 3.43. The molecule has 1 N–H and O–H groups in total. The average Bonchev–Trinajstić information content (AvgIpc) is 3.17. The average molecular weight is 279 g/mol. The molecule has 0 spiro atoms. The van der Waals surface area contributed by atoms with Crippen molar-refractivity contribution in [1.29, 1.82) is 0 Å². The molecule has 1 fully saturated rings. The maximum Gasteiger partial charge on any atom is 0.327 e. The monoisotopic (exact) mass is 279 g/mol. The highest BCUT2D eigenvalue weighted by Gasteiger charge is 2.32. The molecule has 2 aliphatic rings. The van der Waals surface area contributed by atoms with Gasteiger partial charge >= 0.3 is 5.97 Å². The van der Waals surface area contributed by atoms with Gasteiger partial charge in [-0.1, -0.05) is 0 Å². The largest absolute Gasteiger partial charge is 0.493 e. The van der Waals surface area contributed by atoms with Gasteiger partial charge < -0.3 is 18.9 Å². The molecule has 1 atom stereocenters. The molecule has 0 radical (unpaired) electrons. The standard InChI is InChI=1S/C14H17NO5/c1-17-10-5-8(6-11-13(10)20-7-19-11)12(14(16)18-2)15-9-3-4-9/h5-6,9,12,15H,3-4,7H2,1-2H3. The van der Waals surface area contributed by atoms with E-state index >= 15 is 0 Å². The van der Waals surface area contributed by atoms with Gasteiger partial charge in [-0.15, -0.1) is 0 Å². The second kappa shape index (κ2) is 5.20. The first-order valence-electron chi connectivity index (χ1n) is 6.54. The van der Waals surface area contributed by atoms with E-state index in [0.29, 0.717) is 23.3 Å². The SMILES string of the molecule is COC(=O)C(NC1CC1)c1cc(OC)c2c(c1)OCO2. The molecule has 3 rings (SSSR count). The van der Waals surface area contributed by atoms with Crippen LogP contribution in [0.3, 0.4) is 0 Å². The van der Waals surface area contributed by atoms with E-state index in [1.807, 2.05) is 0 Å². The smallest absolute Gasteiger partial charge is 0.327 e. The Kier molecular flexibility index (Phi) is 3.40. The van der Waals surface area contributed by atoms with Gasteiger partial charge in [-0.2, -0.15) is 0 Å². The van der Waals surface area contributed by atoms with E-state index < -0.39 is 6.04 Å². The quantitative estimate of drug-likeness (QED) is 0.822. The van der Waals surface area contributed by atoms with Gasteiger partial charge in [0.05, 0.1) is 14.2 Å². The van der Waals surface area contributed by atoms with Crippen LogP contribution in [0.5, 0.6) is 17.2 Å². The zero-order valence-corrected chi connectivity index (χ0v) is 11.5. The highest BCUT2D eigenvalue weighted by molar-refractivity contribution is 5.78. The molecule has 1 unspecified atom stereocenters. The predicted octanol–water partition coefficient (Wildman–Crippen LogP) is 1.39. The van der Waals surface area contributed by atoms with E-state index in [2.05, 4.69) is 5.32 Å². The Labute approximate surface area is 117 Å². The van der Waals surface area contributed by atoms with Crippen molar-refractivity contribution in [3.63, 3.8) is 0 Å². The molecule has 1 aliphatic heterocycles. The minimum atomic E-state index is -0.518. The molecular formula is C14H17NO5. The number of nitrogens with one attached hydrogen (secondary N) is 1. The second-order valence-corrected chi connectivity index (χ2v) is 4.85. The molecule has 6 heteroatoms. The highest BCUT2D eigenvalue weighted by atomic mass is 16.7. The van der Waals surface area contributed by atoms with Crippen molar-refractivity contribution < 1.29 is 23.7 Å². The van der Waals surface area contributed by atoms with Crippen LogP contribution in [0.1, 0.15) is 24.4 Å². The number of benzene rings is 1. The van der Waals surface area contributed by atoms with E-state index in [-0.39, 0.29) is 12.8 Å². The van der Waals surface area contributed by atoms with Crippen LogP contribution in [0.25, 0.3) is 0 Å². The molecule has 0 amide bonds. The number of rotatable bonds is 5. The summed E-state index contributed by atoms with van der Waals surface area (Å²) in [5, 5.41) is 3.27. The van der Waals surface area contributed by atoms with Crippen LogP contribution in [-0.2, 0) is 9.53 Å². The lowest BCUT2D eigenvalue weighted by atomic mass is 10.1. The summed E-state index contributed by atoms with van der Waals surface area (Å²) in [5.41, 5.74) is 0.754. The van der Waals surface area contributed by atoms with Crippen molar-refractivity contribution in [2.45, 2.75) is 24.9 Å². The van der Waals surface area contributed by atoms with Crippen molar-refractivity contribution in [2.24, 2.45) is 0 Å². The Balaban J connectivity index is 1.95. The van der Waals surface area contributed by atoms with Crippen LogP contribution in [0.15, 0.2) is 12.1 Å². The van der Waals surface area contributed by atoms with Crippen LogP contribution >= 0.6 is 0 Å². The molecule has 1 aliphatic carbocycles. The minimum absolute atomic E-state index is 0.161.